The lowest BCUT2D eigenvalue weighted by Crippen LogP contribution is -2.31. The number of carbonyl (C=O) groups excluding carboxylic acids is 2. The van der Waals surface area contributed by atoms with Gasteiger partial charge in [0.2, 0.25) is 5.91 Å². The summed E-state index contributed by atoms with van der Waals surface area (Å²) in [7, 11) is 6.14. The number of benzene rings is 1. The minimum absolute atomic E-state index is 0.130. The first kappa shape index (κ1) is 16.6. The van der Waals surface area contributed by atoms with Gasteiger partial charge in [-0.2, -0.15) is 0 Å². The van der Waals surface area contributed by atoms with E-state index in [9.17, 15) is 9.59 Å². The number of amides is 2. The van der Waals surface area contributed by atoms with Crippen LogP contribution in [0.1, 0.15) is 16.8 Å². The summed E-state index contributed by atoms with van der Waals surface area (Å²) in [6.45, 7) is 0.298. The van der Waals surface area contributed by atoms with Crippen LogP contribution >= 0.6 is 0 Å². The molecule has 21 heavy (non-hydrogen) atoms. The highest BCUT2D eigenvalue weighted by Gasteiger charge is 2.18. The topological polar surface area (TPSA) is 93.9 Å². The normalized spacial score (nSPS) is 9.90. The lowest BCUT2D eigenvalue weighted by molar-refractivity contribution is -0.120. The SMILES string of the molecule is CNC(=O)CCN(C)C(=O)c1cc(OC)c(OC)cc1N. The number of rotatable bonds is 6. The Morgan fingerprint density at radius 2 is 1.81 bits per heavy atom. The van der Waals surface area contributed by atoms with E-state index in [1.165, 1.54) is 25.2 Å². The van der Waals surface area contributed by atoms with Crippen LogP contribution in [0.15, 0.2) is 12.1 Å². The zero-order chi connectivity index (χ0) is 16.0. The molecular weight excluding hydrogens is 274 g/mol. The van der Waals surface area contributed by atoms with Gasteiger partial charge in [0, 0.05) is 38.8 Å². The predicted molar refractivity (Wildman–Crippen MR) is 79.6 cm³/mol. The van der Waals surface area contributed by atoms with Crippen LogP contribution in [0.3, 0.4) is 0 Å². The molecule has 116 valence electrons. The second kappa shape index (κ2) is 7.37. The molecule has 0 radical (unpaired) electrons. The van der Waals surface area contributed by atoms with E-state index in [-0.39, 0.29) is 18.2 Å². The van der Waals surface area contributed by atoms with Gasteiger partial charge in [0.1, 0.15) is 0 Å². The molecule has 1 aromatic carbocycles. The summed E-state index contributed by atoms with van der Waals surface area (Å²) in [5.74, 6) is 0.474. The third-order valence-corrected chi connectivity index (χ3v) is 3.09. The third-order valence-electron chi connectivity index (χ3n) is 3.09. The molecule has 1 rings (SSSR count). The molecule has 1 aromatic rings. The fourth-order valence-corrected chi connectivity index (χ4v) is 1.78. The van der Waals surface area contributed by atoms with Crippen molar-refractivity contribution in [3.63, 3.8) is 0 Å². The van der Waals surface area contributed by atoms with Crippen LogP contribution in [0, 0.1) is 0 Å². The van der Waals surface area contributed by atoms with Crippen molar-refractivity contribution < 1.29 is 19.1 Å². The minimum atomic E-state index is -0.280. The van der Waals surface area contributed by atoms with Crippen LogP contribution in [0.5, 0.6) is 11.5 Å². The van der Waals surface area contributed by atoms with Crippen molar-refractivity contribution in [3.8, 4) is 11.5 Å². The molecule has 0 saturated carbocycles. The van der Waals surface area contributed by atoms with E-state index < -0.39 is 0 Å². The van der Waals surface area contributed by atoms with Crippen LogP contribution in [-0.2, 0) is 4.79 Å². The maximum Gasteiger partial charge on any atom is 0.255 e. The summed E-state index contributed by atoms with van der Waals surface area (Å²) < 4.78 is 10.3. The van der Waals surface area contributed by atoms with E-state index in [4.69, 9.17) is 15.2 Å². The van der Waals surface area contributed by atoms with Gasteiger partial charge in [0.05, 0.1) is 19.8 Å². The summed E-state index contributed by atoms with van der Waals surface area (Å²) >= 11 is 0. The number of carbonyl (C=O) groups is 2. The molecule has 0 unspecified atom stereocenters. The number of hydrogen-bond acceptors (Lipinski definition) is 5. The summed E-state index contributed by atoms with van der Waals surface area (Å²) in [5, 5.41) is 2.51. The van der Waals surface area contributed by atoms with Crippen molar-refractivity contribution in [2.24, 2.45) is 0 Å². The van der Waals surface area contributed by atoms with Gasteiger partial charge < -0.3 is 25.4 Å². The average molecular weight is 295 g/mol. The maximum absolute atomic E-state index is 12.4. The number of nitrogens with zero attached hydrogens (tertiary/aromatic N) is 1. The highest BCUT2D eigenvalue weighted by Crippen LogP contribution is 2.32. The lowest BCUT2D eigenvalue weighted by Gasteiger charge is -2.19. The highest BCUT2D eigenvalue weighted by atomic mass is 16.5. The minimum Gasteiger partial charge on any atom is -0.493 e. The van der Waals surface area contributed by atoms with Gasteiger partial charge in [0.15, 0.2) is 11.5 Å². The molecule has 0 aliphatic rings. The molecule has 0 aliphatic heterocycles. The number of anilines is 1. The number of methoxy groups -OCH3 is 2. The molecule has 2 amide bonds. The molecule has 7 heteroatoms. The molecule has 3 N–H and O–H groups in total. The van der Waals surface area contributed by atoms with Crippen molar-refractivity contribution in [2.45, 2.75) is 6.42 Å². The van der Waals surface area contributed by atoms with Crippen molar-refractivity contribution in [1.82, 2.24) is 10.2 Å². The standard InChI is InChI=1S/C14H21N3O4/c1-16-13(18)5-6-17(2)14(19)9-7-11(20-3)12(21-4)8-10(9)15/h7-8H,5-6,15H2,1-4H3,(H,16,18). The number of ether oxygens (including phenoxy) is 2. The molecule has 0 saturated heterocycles. The Hall–Kier alpha value is -2.44. The first-order valence-corrected chi connectivity index (χ1v) is 6.42. The largest absolute Gasteiger partial charge is 0.493 e. The lowest BCUT2D eigenvalue weighted by atomic mass is 10.1. The van der Waals surface area contributed by atoms with Crippen LogP contribution in [0.25, 0.3) is 0 Å². The van der Waals surface area contributed by atoms with E-state index in [1.807, 2.05) is 0 Å². The number of nitrogen functional groups attached to an aromatic ring is 1. The van der Waals surface area contributed by atoms with E-state index in [0.29, 0.717) is 29.3 Å². The third kappa shape index (κ3) is 4.01. The number of nitrogens with one attached hydrogen (secondary N) is 1. The second-order valence-electron chi connectivity index (χ2n) is 4.44. The zero-order valence-corrected chi connectivity index (χ0v) is 12.7. The zero-order valence-electron chi connectivity index (χ0n) is 12.7. The van der Waals surface area contributed by atoms with Crippen molar-refractivity contribution in [1.29, 1.82) is 0 Å². The monoisotopic (exact) mass is 295 g/mol. The molecule has 0 heterocycles. The molecule has 0 atom stereocenters. The van der Waals surface area contributed by atoms with Crippen molar-refractivity contribution >= 4 is 17.5 Å². The molecule has 7 nitrogen and oxygen atoms in total. The summed E-state index contributed by atoms with van der Waals surface area (Å²) in [5.41, 5.74) is 6.49. The van der Waals surface area contributed by atoms with Crippen LogP contribution in [-0.4, -0.2) is 51.6 Å². The molecule has 0 spiro atoms. The van der Waals surface area contributed by atoms with E-state index >= 15 is 0 Å². The molecule has 0 aromatic heterocycles. The van der Waals surface area contributed by atoms with Gasteiger partial charge in [-0.3, -0.25) is 9.59 Å². The van der Waals surface area contributed by atoms with Gasteiger partial charge in [0.25, 0.3) is 5.91 Å². The first-order chi connectivity index (χ1) is 9.94. The van der Waals surface area contributed by atoms with Gasteiger partial charge >= 0.3 is 0 Å². The Morgan fingerprint density at radius 3 is 2.33 bits per heavy atom. The van der Waals surface area contributed by atoms with Gasteiger partial charge in [-0.1, -0.05) is 0 Å². The van der Waals surface area contributed by atoms with E-state index in [1.54, 1.807) is 20.2 Å². The van der Waals surface area contributed by atoms with Gasteiger partial charge in [-0.05, 0) is 6.07 Å². The highest BCUT2D eigenvalue weighted by molar-refractivity contribution is 6.00. The Balaban J connectivity index is 2.93. The van der Waals surface area contributed by atoms with Crippen molar-refractivity contribution in [3.05, 3.63) is 17.7 Å². The molecule has 0 bridgehead atoms. The maximum atomic E-state index is 12.4. The predicted octanol–water partition coefficient (Wildman–Crippen LogP) is 0.494. The summed E-state index contributed by atoms with van der Waals surface area (Å²) in [6, 6.07) is 3.07. The summed E-state index contributed by atoms with van der Waals surface area (Å²) in [4.78, 5) is 25.0. The van der Waals surface area contributed by atoms with Crippen LogP contribution in [0.4, 0.5) is 5.69 Å². The fourth-order valence-electron chi connectivity index (χ4n) is 1.78. The average Bonchev–Trinajstić information content (AvgIpc) is 2.50. The van der Waals surface area contributed by atoms with Crippen molar-refractivity contribution in [2.75, 3.05) is 40.6 Å². The Labute approximate surface area is 124 Å². The Morgan fingerprint density at radius 1 is 1.24 bits per heavy atom. The molecule has 0 fully saturated rings. The first-order valence-electron chi connectivity index (χ1n) is 6.42. The Bertz CT molecular complexity index is 531. The van der Waals surface area contributed by atoms with Crippen LogP contribution < -0.4 is 20.5 Å². The Kier molecular flexibility index (Phi) is 5.83. The van der Waals surface area contributed by atoms with Gasteiger partial charge in [-0.15, -0.1) is 0 Å². The van der Waals surface area contributed by atoms with E-state index in [2.05, 4.69) is 5.32 Å². The van der Waals surface area contributed by atoms with Crippen LogP contribution in [0.2, 0.25) is 0 Å². The number of hydrogen-bond donors (Lipinski definition) is 2. The molecule has 0 aliphatic carbocycles. The quantitative estimate of drug-likeness (QED) is 0.745. The fraction of sp³-hybridized carbons (Fsp3) is 0.429. The summed E-state index contributed by atoms with van der Waals surface area (Å²) in [6.07, 6.45) is 0.228. The van der Waals surface area contributed by atoms with Gasteiger partial charge in [-0.25, -0.2) is 0 Å². The van der Waals surface area contributed by atoms with E-state index in [0.717, 1.165) is 0 Å². The second-order valence-corrected chi connectivity index (χ2v) is 4.44. The smallest absolute Gasteiger partial charge is 0.255 e. The molecular formula is C14H21N3O4. The number of nitrogens with two attached hydrogens (primary N) is 1.